The molecule has 0 aliphatic carbocycles. The van der Waals surface area contributed by atoms with Crippen LogP contribution in [-0.2, 0) is 12.8 Å². The van der Waals surface area contributed by atoms with E-state index in [9.17, 15) is 9.59 Å². The van der Waals surface area contributed by atoms with E-state index in [-0.39, 0.29) is 25.6 Å². The molecule has 0 saturated heterocycles. The van der Waals surface area contributed by atoms with Gasteiger partial charge in [-0.3, -0.25) is 0 Å². The molecule has 0 amide bonds. The van der Waals surface area contributed by atoms with Gasteiger partial charge in [-0.1, -0.05) is 78.1 Å². The molecule has 9 heteroatoms. The Kier molecular flexibility index (Phi) is 11.8. The molecular weight excluding hydrogens is 760 g/mol. The average Bonchev–Trinajstić information content (AvgIpc) is 3.97. The van der Waals surface area contributed by atoms with E-state index in [0.717, 1.165) is 69.5 Å². The monoisotopic (exact) mass is 814 g/mol. The van der Waals surface area contributed by atoms with Crippen molar-refractivity contribution in [3.05, 3.63) is 54.7 Å². The van der Waals surface area contributed by atoms with Crippen LogP contribution in [-0.4, -0.2) is 33.3 Å². The van der Waals surface area contributed by atoms with E-state index >= 15 is 0 Å². The molecule has 0 spiro atoms. The normalized spacial score (nSPS) is 12.6. The number of imidazole rings is 2. The summed E-state index contributed by atoms with van der Waals surface area (Å²) < 4.78 is 5.62. The van der Waals surface area contributed by atoms with Crippen molar-refractivity contribution in [1.82, 2.24) is 18.8 Å². The molecule has 1 aromatic carbocycles. The summed E-state index contributed by atoms with van der Waals surface area (Å²) in [5, 5.41) is 3.54. The molecule has 53 heavy (non-hydrogen) atoms. The van der Waals surface area contributed by atoms with E-state index in [1.165, 1.54) is 138 Å². The Morgan fingerprint density at radius 2 is 0.962 bits per heavy atom. The van der Waals surface area contributed by atoms with Gasteiger partial charge >= 0.3 is 250 Å². The minimum atomic E-state index is -0.252. The summed E-state index contributed by atoms with van der Waals surface area (Å²) in [7, 11) is 0. The molecular formula is C44H54N4O2S2Se. The van der Waals surface area contributed by atoms with E-state index in [1.807, 2.05) is 20.9 Å². The van der Waals surface area contributed by atoms with E-state index in [4.69, 9.17) is 9.97 Å². The molecule has 0 bridgehead atoms. The Balaban J connectivity index is 0.997. The number of nitrogens with zero attached hydrogens (tertiary/aromatic N) is 4. The second-order valence-corrected chi connectivity index (χ2v) is 19.9. The zero-order valence-electron chi connectivity index (χ0n) is 31.7. The number of aryl methyl sites for hydroxylation is 2. The number of hydrogen-bond acceptors (Lipinski definition) is 6. The maximum absolute atomic E-state index is 14.3. The molecule has 7 heterocycles. The Bertz CT molecular complexity index is 2570. The summed E-state index contributed by atoms with van der Waals surface area (Å²) in [6, 6.07) is 8.43. The van der Waals surface area contributed by atoms with E-state index < -0.39 is 0 Å². The SMILES string of the molecule is CCCCCCCCCCCCc1cc2c(nc3c4ccc5c(=O)n6c7cc(CCCCCCCCCCCC)sc7nc6c6[se]c(c(=O)n23)c4c56)s1. The molecule has 8 rings (SSSR count). The van der Waals surface area contributed by atoms with Crippen LogP contribution in [0.15, 0.2) is 33.9 Å². The van der Waals surface area contributed by atoms with Gasteiger partial charge in [0.15, 0.2) is 0 Å². The van der Waals surface area contributed by atoms with Gasteiger partial charge in [-0.2, -0.15) is 0 Å². The maximum atomic E-state index is 14.3. The van der Waals surface area contributed by atoms with Crippen molar-refractivity contribution in [2.24, 2.45) is 0 Å². The van der Waals surface area contributed by atoms with Crippen molar-refractivity contribution in [3.63, 3.8) is 0 Å². The molecule has 0 fully saturated rings. The van der Waals surface area contributed by atoms with Gasteiger partial charge in [0.25, 0.3) is 0 Å². The van der Waals surface area contributed by atoms with Gasteiger partial charge in [-0.25, -0.2) is 0 Å². The summed E-state index contributed by atoms with van der Waals surface area (Å²) in [5.74, 6) is 0. The molecule has 0 saturated carbocycles. The van der Waals surface area contributed by atoms with Gasteiger partial charge in [-0.05, 0) is 0 Å². The fraction of sp³-hybridized carbons (Fsp3) is 0.545. The second kappa shape index (κ2) is 16.9. The first-order valence-corrected chi connectivity index (χ1v) is 24.2. The van der Waals surface area contributed by atoms with Crippen LogP contribution in [0.2, 0.25) is 0 Å². The molecule has 8 aromatic rings. The Morgan fingerprint density at radius 3 is 1.49 bits per heavy atom. The second-order valence-electron chi connectivity index (χ2n) is 15.5. The van der Waals surface area contributed by atoms with Gasteiger partial charge in [0.05, 0.1) is 0 Å². The van der Waals surface area contributed by atoms with Crippen LogP contribution in [0.1, 0.15) is 152 Å². The Morgan fingerprint density at radius 1 is 0.528 bits per heavy atom. The topological polar surface area (TPSA) is 68.7 Å². The minimum absolute atomic E-state index is 0.0247. The van der Waals surface area contributed by atoms with Gasteiger partial charge < -0.3 is 0 Å². The van der Waals surface area contributed by atoms with Crippen molar-refractivity contribution in [1.29, 1.82) is 0 Å². The predicted molar refractivity (Wildman–Crippen MR) is 230 cm³/mol. The first-order chi connectivity index (χ1) is 26.1. The number of aromatic nitrogens is 4. The molecule has 280 valence electrons. The van der Waals surface area contributed by atoms with Crippen molar-refractivity contribution >= 4 is 99.2 Å². The van der Waals surface area contributed by atoms with Gasteiger partial charge in [0.1, 0.15) is 0 Å². The van der Waals surface area contributed by atoms with Crippen molar-refractivity contribution in [2.45, 2.75) is 155 Å². The number of benzene rings is 1. The van der Waals surface area contributed by atoms with E-state index in [2.05, 4.69) is 26.0 Å². The Labute approximate surface area is 326 Å². The Hall–Kier alpha value is -2.84. The molecule has 0 atom stereocenters. The summed E-state index contributed by atoms with van der Waals surface area (Å²) in [5.41, 5.74) is 3.33. The van der Waals surface area contributed by atoms with Crippen molar-refractivity contribution in [2.75, 3.05) is 0 Å². The van der Waals surface area contributed by atoms with Gasteiger partial charge in [0, 0.05) is 0 Å². The molecule has 0 aliphatic heterocycles. The number of pyridine rings is 2. The molecule has 7 aromatic heterocycles. The van der Waals surface area contributed by atoms with E-state index in [0.29, 0.717) is 5.39 Å². The van der Waals surface area contributed by atoms with Crippen LogP contribution in [0.5, 0.6) is 0 Å². The number of unbranched alkanes of at least 4 members (excludes halogenated alkanes) is 18. The summed E-state index contributed by atoms with van der Waals surface area (Å²) in [6.07, 6.45) is 28.7. The van der Waals surface area contributed by atoms with Gasteiger partial charge in [-0.15, -0.1) is 0 Å². The van der Waals surface area contributed by atoms with Gasteiger partial charge in [0.2, 0.25) is 0 Å². The summed E-state index contributed by atoms with van der Waals surface area (Å²) in [4.78, 5) is 43.2. The standard InChI is InChI=1S/C44H54N4O2S2Se/c1-3-5-7-9-11-13-15-17-19-21-23-29-27-33-41(51-29)45-39-31-25-26-32-36-35(31)38(44(50)47(33)39)53-37(36)40-46-42-34(48(40)43(32)49)28-30(52-42)24-22-20-18-16-14-12-10-8-6-4-2/h25-28H,3-24H2,1-2H3. The number of thiophene rings is 2. The van der Waals surface area contributed by atoms with Crippen LogP contribution in [0.3, 0.4) is 0 Å². The van der Waals surface area contributed by atoms with Crippen LogP contribution in [0.25, 0.3) is 62.1 Å². The zero-order chi connectivity index (χ0) is 36.3. The number of fused-ring (bicyclic) bond motifs is 8. The fourth-order valence-corrected chi connectivity index (χ4v) is 13.3. The summed E-state index contributed by atoms with van der Waals surface area (Å²) in [6.45, 7) is 4.55. The molecule has 0 unspecified atom stereocenters. The average molecular weight is 814 g/mol. The third-order valence-electron chi connectivity index (χ3n) is 11.5. The van der Waals surface area contributed by atoms with Crippen LogP contribution in [0, 0.1) is 0 Å². The van der Waals surface area contributed by atoms with Crippen molar-refractivity contribution in [3.8, 4) is 0 Å². The van der Waals surface area contributed by atoms with E-state index in [1.54, 1.807) is 22.7 Å². The quantitative estimate of drug-likeness (QED) is 0.0388. The number of hydrogen-bond donors (Lipinski definition) is 0. The molecule has 0 radical (unpaired) electrons. The van der Waals surface area contributed by atoms with Crippen LogP contribution < -0.4 is 11.1 Å². The van der Waals surface area contributed by atoms with Crippen LogP contribution in [0.4, 0.5) is 0 Å². The first-order valence-electron chi connectivity index (χ1n) is 20.8. The molecule has 6 nitrogen and oxygen atoms in total. The molecule has 0 N–H and O–H groups in total. The summed E-state index contributed by atoms with van der Waals surface area (Å²) >= 11 is 3.22. The zero-order valence-corrected chi connectivity index (χ0v) is 35.0. The van der Waals surface area contributed by atoms with Crippen LogP contribution >= 0.6 is 22.7 Å². The molecule has 0 aliphatic rings. The third kappa shape index (κ3) is 7.33. The number of rotatable bonds is 22. The van der Waals surface area contributed by atoms with Crippen molar-refractivity contribution < 1.29 is 0 Å². The first kappa shape index (κ1) is 37.1. The fourth-order valence-electron chi connectivity index (χ4n) is 8.58. The predicted octanol–water partition coefficient (Wildman–Crippen LogP) is 12.5. The third-order valence-corrected chi connectivity index (χ3v) is 16.1.